The zero-order valence-electron chi connectivity index (χ0n) is 20.5. The van der Waals surface area contributed by atoms with Gasteiger partial charge >= 0.3 is 0 Å². The highest BCUT2D eigenvalue weighted by Gasteiger charge is 2.58. The van der Waals surface area contributed by atoms with Gasteiger partial charge in [0.15, 0.2) is 0 Å². The van der Waals surface area contributed by atoms with Gasteiger partial charge in [0.1, 0.15) is 0 Å². The molecule has 3 heterocycles. The first-order valence-electron chi connectivity index (χ1n) is 12.9. The van der Waals surface area contributed by atoms with Crippen LogP contribution in [-0.4, -0.2) is 77.6 Å². The summed E-state index contributed by atoms with van der Waals surface area (Å²) < 4.78 is 6.28. The van der Waals surface area contributed by atoms with Gasteiger partial charge in [-0.2, -0.15) is 0 Å². The van der Waals surface area contributed by atoms with Crippen molar-refractivity contribution in [3.8, 4) is 0 Å². The lowest BCUT2D eigenvalue weighted by molar-refractivity contribution is -0.183. The van der Waals surface area contributed by atoms with Gasteiger partial charge in [-0.25, -0.2) is 0 Å². The van der Waals surface area contributed by atoms with Gasteiger partial charge in [-0.15, -0.1) is 0 Å². The number of likely N-dealkylation sites (tertiary alicyclic amines) is 1. The van der Waals surface area contributed by atoms with Gasteiger partial charge in [0.25, 0.3) is 0 Å². The Balaban J connectivity index is 1.48. The molecule has 3 aliphatic rings. The van der Waals surface area contributed by atoms with E-state index in [0.717, 1.165) is 44.7 Å². The van der Waals surface area contributed by atoms with Gasteiger partial charge in [-0.3, -0.25) is 14.6 Å². The molecule has 0 aliphatic carbocycles. The minimum Gasteiger partial charge on any atom is -0.378 e. The zero-order chi connectivity index (χ0) is 24.4. The van der Waals surface area contributed by atoms with Crippen molar-refractivity contribution in [3.63, 3.8) is 0 Å². The first-order chi connectivity index (χ1) is 17.0. The molecule has 2 unspecified atom stereocenters. The summed E-state index contributed by atoms with van der Waals surface area (Å²) in [6.07, 6.45) is 3.66. The monoisotopic (exact) mass is 515 g/mol. The summed E-state index contributed by atoms with van der Waals surface area (Å²) in [6.45, 7) is 8.19. The third kappa shape index (κ3) is 4.86. The molecular weight excluding hydrogens is 481 g/mol. The van der Waals surface area contributed by atoms with Crippen LogP contribution >= 0.6 is 23.2 Å². The number of benzene rings is 2. The molecule has 5 nitrogen and oxygen atoms in total. The molecular formula is C28H35Cl2N3O2. The smallest absolute Gasteiger partial charge is 0.227 e. The zero-order valence-corrected chi connectivity index (χ0v) is 22.0. The topological polar surface area (TPSA) is 36.0 Å². The molecule has 35 heavy (non-hydrogen) atoms. The number of rotatable bonds is 6. The van der Waals surface area contributed by atoms with Crippen molar-refractivity contribution in [2.75, 3.05) is 39.4 Å². The van der Waals surface area contributed by atoms with Crippen LogP contribution in [0.2, 0.25) is 10.0 Å². The van der Waals surface area contributed by atoms with Gasteiger partial charge < -0.3 is 9.64 Å². The first kappa shape index (κ1) is 25.0. The van der Waals surface area contributed by atoms with E-state index in [0.29, 0.717) is 29.7 Å². The van der Waals surface area contributed by atoms with Crippen molar-refractivity contribution < 1.29 is 9.53 Å². The van der Waals surface area contributed by atoms with Gasteiger partial charge in [0, 0.05) is 19.6 Å². The van der Waals surface area contributed by atoms with Crippen LogP contribution in [0.5, 0.6) is 0 Å². The number of amides is 1. The molecule has 3 fully saturated rings. The van der Waals surface area contributed by atoms with E-state index in [1.54, 1.807) is 6.07 Å². The maximum absolute atomic E-state index is 14.0. The molecule has 7 heteroatoms. The number of hydrogen-bond donors (Lipinski definition) is 0. The number of ether oxygens (including phenoxy) is 1. The Kier molecular flexibility index (Phi) is 7.71. The highest BCUT2D eigenvalue weighted by Crippen LogP contribution is 2.42. The Labute approximate surface area is 218 Å². The Morgan fingerprint density at radius 1 is 0.943 bits per heavy atom. The molecule has 0 bridgehead atoms. The molecule has 0 N–H and O–H groups in total. The minimum absolute atomic E-state index is 0.151. The van der Waals surface area contributed by atoms with Crippen LogP contribution in [0.1, 0.15) is 37.3 Å². The fraction of sp³-hybridized carbons (Fsp3) is 0.536. The molecule has 3 atom stereocenters. The minimum atomic E-state index is -0.289. The average molecular weight is 517 g/mol. The van der Waals surface area contributed by atoms with E-state index in [-0.39, 0.29) is 23.5 Å². The quantitative estimate of drug-likeness (QED) is 0.548. The number of halogens is 2. The maximum atomic E-state index is 14.0. The molecule has 5 rings (SSSR count). The van der Waals surface area contributed by atoms with Crippen LogP contribution in [-0.2, 0) is 22.5 Å². The fourth-order valence-corrected chi connectivity index (χ4v) is 6.92. The Bertz CT molecular complexity index is 1030. The molecule has 3 saturated heterocycles. The molecule has 0 aromatic heterocycles. The van der Waals surface area contributed by atoms with Gasteiger partial charge in [0.2, 0.25) is 5.91 Å². The van der Waals surface area contributed by atoms with E-state index in [2.05, 4.69) is 52.0 Å². The van der Waals surface area contributed by atoms with Crippen molar-refractivity contribution >= 4 is 29.1 Å². The largest absolute Gasteiger partial charge is 0.378 e. The Hall–Kier alpha value is -1.63. The number of carbonyl (C=O) groups excluding carboxylic acids is 1. The van der Waals surface area contributed by atoms with E-state index in [4.69, 9.17) is 27.9 Å². The molecule has 1 amide bonds. The lowest BCUT2D eigenvalue weighted by Crippen LogP contribution is -2.79. The second-order valence-corrected chi connectivity index (χ2v) is 10.9. The van der Waals surface area contributed by atoms with Gasteiger partial charge in [-0.1, -0.05) is 66.5 Å². The number of nitrogens with zero attached hydrogens (tertiary/aromatic N) is 3. The number of hydrogen-bond acceptors (Lipinski definition) is 4. The van der Waals surface area contributed by atoms with Crippen LogP contribution in [0, 0.1) is 0 Å². The van der Waals surface area contributed by atoms with E-state index in [1.165, 1.54) is 18.4 Å². The van der Waals surface area contributed by atoms with E-state index >= 15 is 0 Å². The van der Waals surface area contributed by atoms with Crippen LogP contribution in [0.15, 0.2) is 48.5 Å². The predicted molar refractivity (Wildman–Crippen MR) is 141 cm³/mol. The van der Waals surface area contributed by atoms with Crippen molar-refractivity contribution in [2.24, 2.45) is 0 Å². The number of fused-ring (bicyclic) bond motifs is 1. The van der Waals surface area contributed by atoms with Crippen molar-refractivity contribution in [2.45, 2.75) is 56.8 Å². The average Bonchev–Trinajstić information content (AvgIpc) is 3.41. The van der Waals surface area contributed by atoms with E-state index in [1.807, 2.05) is 12.1 Å². The summed E-state index contributed by atoms with van der Waals surface area (Å²) in [6, 6.07) is 16.5. The standard InChI is InChI=1S/C28H35Cl2N3O2/c1-2-28-25(31-12-6-7-13-31)19-35-20-26(28)32(18-21-8-4-3-5-9-21)14-15-33(28)27(34)17-22-10-11-23(29)24(30)16-22/h3-5,8-11,16,25-26H,2,6-7,12-15,17-20H2,1H3/t25?,26-,28?/m0/s1. The summed E-state index contributed by atoms with van der Waals surface area (Å²) in [5, 5.41) is 1.01. The normalized spacial score (nSPS) is 27.7. The molecule has 0 spiro atoms. The third-order valence-electron chi connectivity index (χ3n) is 8.28. The molecule has 3 aliphatic heterocycles. The highest BCUT2D eigenvalue weighted by molar-refractivity contribution is 6.42. The van der Waals surface area contributed by atoms with Crippen molar-refractivity contribution in [3.05, 3.63) is 69.7 Å². The lowest BCUT2D eigenvalue weighted by atomic mass is 9.73. The summed E-state index contributed by atoms with van der Waals surface area (Å²) in [5.41, 5.74) is 1.92. The lowest BCUT2D eigenvalue weighted by Gasteiger charge is -2.62. The Morgan fingerprint density at radius 3 is 2.40 bits per heavy atom. The molecule has 2 aromatic carbocycles. The Morgan fingerprint density at radius 2 is 1.69 bits per heavy atom. The number of carbonyl (C=O) groups is 1. The summed E-state index contributed by atoms with van der Waals surface area (Å²) in [4.78, 5) is 21.3. The summed E-state index contributed by atoms with van der Waals surface area (Å²) >= 11 is 12.4. The number of piperazine rings is 1. The van der Waals surface area contributed by atoms with E-state index in [9.17, 15) is 4.79 Å². The van der Waals surface area contributed by atoms with Crippen LogP contribution in [0.4, 0.5) is 0 Å². The SMILES string of the molecule is CCC12C(N3CCCC3)COC[C@@H]1N(Cc1ccccc1)CCN2C(=O)Cc1ccc(Cl)c(Cl)c1. The molecule has 2 aromatic rings. The second kappa shape index (κ2) is 10.8. The first-order valence-corrected chi connectivity index (χ1v) is 13.6. The second-order valence-electron chi connectivity index (χ2n) is 10.1. The van der Waals surface area contributed by atoms with Crippen LogP contribution in [0.25, 0.3) is 0 Å². The molecule has 0 radical (unpaired) electrons. The van der Waals surface area contributed by atoms with Crippen molar-refractivity contribution in [1.29, 1.82) is 0 Å². The van der Waals surface area contributed by atoms with Gasteiger partial charge in [0.05, 0.1) is 47.3 Å². The summed E-state index contributed by atoms with van der Waals surface area (Å²) in [7, 11) is 0. The van der Waals surface area contributed by atoms with Crippen LogP contribution < -0.4 is 0 Å². The molecule has 188 valence electrons. The van der Waals surface area contributed by atoms with E-state index < -0.39 is 0 Å². The fourth-order valence-electron chi connectivity index (χ4n) is 6.60. The third-order valence-corrected chi connectivity index (χ3v) is 9.02. The van der Waals surface area contributed by atoms with Crippen molar-refractivity contribution in [1.82, 2.24) is 14.7 Å². The maximum Gasteiger partial charge on any atom is 0.227 e. The van der Waals surface area contributed by atoms with Crippen LogP contribution in [0.3, 0.4) is 0 Å². The molecule has 0 saturated carbocycles. The summed E-state index contributed by atoms with van der Waals surface area (Å²) in [5.74, 6) is 0.167. The highest BCUT2D eigenvalue weighted by atomic mass is 35.5. The van der Waals surface area contributed by atoms with Gasteiger partial charge in [-0.05, 0) is 55.6 Å². The predicted octanol–water partition coefficient (Wildman–Crippen LogP) is 4.89.